The van der Waals surface area contributed by atoms with E-state index < -0.39 is 12.5 Å². The molecule has 136 valence electrons. The van der Waals surface area contributed by atoms with Crippen LogP contribution in [0.25, 0.3) is 0 Å². The van der Waals surface area contributed by atoms with E-state index in [0.717, 1.165) is 19.4 Å². The number of alkyl halides is 2. The van der Waals surface area contributed by atoms with Crippen LogP contribution < -0.4 is 10.1 Å². The van der Waals surface area contributed by atoms with Gasteiger partial charge in [-0.05, 0) is 25.0 Å². The second-order valence-corrected chi connectivity index (χ2v) is 6.43. The molecular weight excluding hydrogens is 334 g/mol. The summed E-state index contributed by atoms with van der Waals surface area (Å²) < 4.78 is 34.6. The lowest BCUT2D eigenvalue weighted by atomic mass is 9.87. The number of nitrogens with zero attached hydrogens (tertiary/aromatic N) is 1. The standard InChI is InChI=1S/C17H20F2N2O4/c18-16(19)25-13-4-2-1-3-12(13)15(23)20-9-14(22)21-7-5-17(10-21)6-8-24-11-17/h1-4,16H,5-11H2,(H,20,23). The largest absolute Gasteiger partial charge is 0.434 e. The molecule has 2 aliphatic rings. The van der Waals surface area contributed by atoms with Gasteiger partial charge in [-0.2, -0.15) is 8.78 Å². The number of hydrogen-bond donors (Lipinski definition) is 1. The van der Waals surface area contributed by atoms with Crippen molar-refractivity contribution in [3.63, 3.8) is 0 Å². The van der Waals surface area contributed by atoms with Crippen LogP contribution in [0.3, 0.4) is 0 Å². The van der Waals surface area contributed by atoms with Gasteiger partial charge in [-0.1, -0.05) is 12.1 Å². The maximum atomic E-state index is 12.4. The van der Waals surface area contributed by atoms with Gasteiger partial charge in [0.05, 0.1) is 18.7 Å². The average Bonchev–Trinajstić information content (AvgIpc) is 3.22. The number of ether oxygens (including phenoxy) is 2. The molecule has 0 radical (unpaired) electrons. The van der Waals surface area contributed by atoms with E-state index in [1.165, 1.54) is 18.2 Å². The van der Waals surface area contributed by atoms with Crippen molar-refractivity contribution in [1.29, 1.82) is 0 Å². The maximum Gasteiger partial charge on any atom is 0.387 e. The van der Waals surface area contributed by atoms with E-state index in [1.807, 2.05) is 0 Å². The molecule has 0 bridgehead atoms. The lowest BCUT2D eigenvalue weighted by Gasteiger charge is -2.22. The molecule has 0 aromatic heterocycles. The highest BCUT2D eigenvalue weighted by Crippen LogP contribution is 2.38. The van der Waals surface area contributed by atoms with Crippen molar-refractivity contribution in [3.05, 3.63) is 29.8 Å². The summed E-state index contributed by atoms with van der Waals surface area (Å²) in [5, 5.41) is 2.48. The number of hydrogen-bond acceptors (Lipinski definition) is 4. The summed E-state index contributed by atoms with van der Waals surface area (Å²) in [6, 6.07) is 5.69. The van der Waals surface area contributed by atoms with Crippen LogP contribution in [-0.2, 0) is 9.53 Å². The molecule has 0 saturated carbocycles. The minimum Gasteiger partial charge on any atom is -0.434 e. The molecule has 1 N–H and O–H groups in total. The van der Waals surface area contributed by atoms with Gasteiger partial charge in [-0.15, -0.1) is 0 Å². The van der Waals surface area contributed by atoms with Crippen molar-refractivity contribution in [1.82, 2.24) is 10.2 Å². The summed E-state index contributed by atoms with van der Waals surface area (Å²) in [5.41, 5.74) is 0.0230. The zero-order valence-electron chi connectivity index (χ0n) is 13.7. The third-order valence-electron chi connectivity index (χ3n) is 4.72. The molecule has 2 fully saturated rings. The highest BCUT2D eigenvalue weighted by atomic mass is 19.3. The topological polar surface area (TPSA) is 67.9 Å². The van der Waals surface area contributed by atoms with Crippen molar-refractivity contribution in [2.45, 2.75) is 19.5 Å². The van der Waals surface area contributed by atoms with Crippen LogP contribution in [-0.4, -0.2) is 56.2 Å². The van der Waals surface area contributed by atoms with Crippen LogP contribution in [0.5, 0.6) is 5.75 Å². The number of benzene rings is 1. The van der Waals surface area contributed by atoms with E-state index in [2.05, 4.69) is 10.1 Å². The van der Waals surface area contributed by atoms with Gasteiger partial charge in [0.15, 0.2) is 0 Å². The SMILES string of the molecule is O=C(NCC(=O)N1CCC2(CCOC2)C1)c1ccccc1OC(F)F. The van der Waals surface area contributed by atoms with Crippen LogP contribution in [0.15, 0.2) is 24.3 Å². The molecule has 8 heteroatoms. The fourth-order valence-corrected chi connectivity index (χ4v) is 3.34. The molecule has 0 aliphatic carbocycles. The van der Waals surface area contributed by atoms with Gasteiger partial charge < -0.3 is 19.7 Å². The Bertz CT molecular complexity index is 647. The predicted octanol–water partition coefficient (Wildman–Crippen LogP) is 1.66. The molecule has 6 nitrogen and oxygen atoms in total. The first-order chi connectivity index (χ1) is 12.0. The first-order valence-electron chi connectivity index (χ1n) is 8.17. The Morgan fingerprint density at radius 2 is 2.12 bits per heavy atom. The molecule has 3 rings (SSSR count). The molecule has 1 spiro atoms. The molecule has 2 heterocycles. The first kappa shape index (κ1) is 17.6. The Kier molecular flexibility index (Phi) is 5.17. The van der Waals surface area contributed by atoms with Crippen LogP contribution in [0.4, 0.5) is 8.78 Å². The summed E-state index contributed by atoms with van der Waals surface area (Å²) >= 11 is 0. The highest BCUT2D eigenvalue weighted by Gasteiger charge is 2.42. The Labute approximate surface area is 144 Å². The van der Waals surface area contributed by atoms with Gasteiger partial charge in [0, 0.05) is 25.1 Å². The predicted molar refractivity (Wildman–Crippen MR) is 84.5 cm³/mol. The van der Waals surface area contributed by atoms with Gasteiger partial charge >= 0.3 is 6.61 Å². The Balaban J connectivity index is 1.55. The van der Waals surface area contributed by atoms with Crippen molar-refractivity contribution in [3.8, 4) is 5.75 Å². The number of carbonyl (C=O) groups excluding carboxylic acids is 2. The number of halogens is 2. The van der Waals surface area contributed by atoms with Gasteiger partial charge in [-0.25, -0.2) is 0 Å². The smallest absolute Gasteiger partial charge is 0.387 e. The second kappa shape index (κ2) is 7.35. The molecule has 2 aliphatic heterocycles. The summed E-state index contributed by atoms with van der Waals surface area (Å²) in [6.07, 6.45) is 1.85. The quantitative estimate of drug-likeness (QED) is 0.873. The van der Waals surface area contributed by atoms with Crippen LogP contribution in [0.2, 0.25) is 0 Å². The normalized spacial score (nSPS) is 22.6. The minimum absolute atomic E-state index is 0.0299. The average molecular weight is 354 g/mol. The van der Waals surface area contributed by atoms with Gasteiger partial charge in [-0.3, -0.25) is 9.59 Å². The lowest BCUT2D eigenvalue weighted by Crippen LogP contribution is -2.40. The number of likely N-dealkylation sites (tertiary alicyclic amines) is 1. The van der Waals surface area contributed by atoms with E-state index in [0.29, 0.717) is 19.7 Å². The van der Waals surface area contributed by atoms with E-state index in [4.69, 9.17) is 4.74 Å². The van der Waals surface area contributed by atoms with E-state index in [9.17, 15) is 18.4 Å². The molecule has 25 heavy (non-hydrogen) atoms. The molecule has 1 atom stereocenters. The Hall–Kier alpha value is -2.22. The third kappa shape index (κ3) is 4.07. The second-order valence-electron chi connectivity index (χ2n) is 6.43. The van der Waals surface area contributed by atoms with Crippen LogP contribution in [0.1, 0.15) is 23.2 Å². The molecule has 2 saturated heterocycles. The Morgan fingerprint density at radius 1 is 1.32 bits per heavy atom. The summed E-state index contributed by atoms with van der Waals surface area (Å²) in [5.74, 6) is -1.03. The van der Waals surface area contributed by atoms with Crippen molar-refractivity contribution in [2.24, 2.45) is 5.41 Å². The summed E-state index contributed by atoms with van der Waals surface area (Å²) in [6.45, 7) is -0.541. The van der Waals surface area contributed by atoms with Crippen molar-refractivity contribution in [2.75, 3.05) is 32.8 Å². The first-order valence-corrected chi connectivity index (χ1v) is 8.17. The number of amides is 2. The fourth-order valence-electron chi connectivity index (χ4n) is 3.34. The number of rotatable bonds is 5. The van der Waals surface area contributed by atoms with Crippen LogP contribution >= 0.6 is 0 Å². The highest BCUT2D eigenvalue weighted by molar-refractivity contribution is 5.98. The molecule has 1 unspecified atom stereocenters. The van der Waals surface area contributed by atoms with Gasteiger partial charge in [0.25, 0.3) is 5.91 Å². The van der Waals surface area contributed by atoms with E-state index >= 15 is 0 Å². The molecule has 1 aromatic rings. The van der Waals surface area contributed by atoms with Crippen molar-refractivity contribution < 1.29 is 27.8 Å². The number of nitrogens with one attached hydrogen (secondary N) is 1. The van der Waals surface area contributed by atoms with Crippen LogP contribution in [0, 0.1) is 5.41 Å². The fraction of sp³-hybridized carbons (Fsp3) is 0.529. The van der Waals surface area contributed by atoms with Crippen molar-refractivity contribution >= 4 is 11.8 Å². The monoisotopic (exact) mass is 354 g/mol. The summed E-state index contributed by atoms with van der Waals surface area (Å²) in [7, 11) is 0. The minimum atomic E-state index is -3.02. The third-order valence-corrected chi connectivity index (χ3v) is 4.72. The number of carbonyl (C=O) groups is 2. The molecule has 2 amide bonds. The molecular formula is C17H20F2N2O4. The van der Waals surface area contributed by atoms with Gasteiger partial charge in [0.1, 0.15) is 5.75 Å². The Morgan fingerprint density at radius 3 is 2.84 bits per heavy atom. The summed E-state index contributed by atoms with van der Waals surface area (Å²) in [4.78, 5) is 26.2. The zero-order chi connectivity index (χ0) is 17.9. The van der Waals surface area contributed by atoms with E-state index in [1.54, 1.807) is 11.0 Å². The zero-order valence-corrected chi connectivity index (χ0v) is 13.7. The van der Waals surface area contributed by atoms with E-state index in [-0.39, 0.29) is 29.2 Å². The number of para-hydroxylation sites is 1. The molecule has 1 aromatic carbocycles. The lowest BCUT2D eigenvalue weighted by molar-refractivity contribution is -0.129. The van der Waals surface area contributed by atoms with Gasteiger partial charge in [0.2, 0.25) is 5.91 Å². The maximum absolute atomic E-state index is 12.4.